The number of ether oxygens (including phenoxy) is 1. The van der Waals surface area contributed by atoms with Gasteiger partial charge in [0.2, 0.25) is 0 Å². The lowest BCUT2D eigenvalue weighted by atomic mass is 9.72. The average Bonchev–Trinajstić information content (AvgIpc) is 2.44. The van der Waals surface area contributed by atoms with E-state index in [1.165, 1.54) is 31.2 Å². The Morgan fingerprint density at radius 1 is 1.00 bits per heavy atom. The third-order valence-electron chi connectivity index (χ3n) is 4.09. The van der Waals surface area contributed by atoms with Gasteiger partial charge in [-0.1, -0.05) is 44.9 Å². The first-order chi connectivity index (χ1) is 9.88. The van der Waals surface area contributed by atoms with Crippen LogP contribution in [0.3, 0.4) is 0 Å². The van der Waals surface area contributed by atoms with E-state index in [0.29, 0.717) is 0 Å². The highest BCUT2D eigenvalue weighted by Crippen LogP contribution is 2.39. The van der Waals surface area contributed by atoms with Crippen LogP contribution in [0.1, 0.15) is 65.9 Å². The lowest BCUT2D eigenvalue weighted by Gasteiger charge is -2.38. The Hall–Kier alpha value is -1.02. The minimum absolute atomic E-state index is 0.134. The smallest absolute Gasteiger partial charge is 0.122 e. The molecule has 0 fully saturated rings. The summed E-state index contributed by atoms with van der Waals surface area (Å²) in [6.45, 7) is 12.3. The number of nitrogens with one attached hydrogen (secondary N) is 1. The third-order valence-corrected chi connectivity index (χ3v) is 4.09. The maximum atomic E-state index is 5.65. The maximum absolute atomic E-state index is 5.65. The van der Waals surface area contributed by atoms with Crippen molar-refractivity contribution in [2.75, 3.05) is 13.7 Å². The second-order valence-corrected chi connectivity index (χ2v) is 7.08. The molecule has 0 spiro atoms. The van der Waals surface area contributed by atoms with Gasteiger partial charge in [0.15, 0.2) is 0 Å². The molecule has 0 atom stereocenters. The molecule has 0 unspecified atom stereocenters. The summed E-state index contributed by atoms with van der Waals surface area (Å²) in [7, 11) is 1.78. The van der Waals surface area contributed by atoms with E-state index in [2.05, 4.69) is 64.2 Å². The highest BCUT2D eigenvalue weighted by atomic mass is 16.5. The standard InChI is InChI=1S/C19H33NO/c1-7-13-19(14-8-2,15-20-18(3,4)5)16-11-9-10-12-17(16)21-6/h9-12,20H,7-8,13-15H2,1-6H3. The first-order valence-electron chi connectivity index (χ1n) is 8.27. The van der Waals surface area contributed by atoms with Crippen LogP contribution in [0, 0.1) is 0 Å². The fourth-order valence-electron chi connectivity index (χ4n) is 3.14. The molecular weight excluding hydrogens is 258 g/mol. The zero-order chi connectivity index (χ0) is 15.9. The van der Waals surface area contributed by atoms with Crippen LogP contribution in [0.25, 0.3) is 0 Å². The van der Waals surface area contributed by atoms with Crippen LogP contribution >= 0.6 is 0 Å². The molecule has 1 aromatic rings. The third kappa shape index (κ3) is 5.03. The zero-order valence-corrected chi connectivity index (χ0v) is 14.8. The molecule has 21 heavy (non-hydrogen) atoms. The largest absolute Gasteiger partial charge is 0.496 e. The summed E-state index contributed by atoms with van der Waals surface area (Å²) in [5.74, 6) is 1.02. The Balaban J connectivity index is 3.20. The number of hydrogen-bond donors (Lipinski definition) is 1. The van der Waals surface area contributed by atoms with Crippen molar-refractivity contribution in [2.24, 2.45) is 0 Å². The Morgan fingerprint density at radius 2 is 1.57 bits per heavy atom. The maximum Gasteiger partial charge on any atom is 0.122 e. The van der Waals surface area contributed by atoms with Crippen LogP contribution in [-0.4, -0.2) is 19.2 Å². The normalized spacial score (nSPS) is 12.5. The molecule has 0 radical (unpaired) electrons. The Kier molecular flexibility index (Phi) is 6.73. The summed E-state index contributed by atoms with van der Waals surface area (Å²) >= 11 is 0. The molecule has 1 N–H and O–H groups in total. The van der Waals surface area contributed by atoms with Crippen molar-refractivity contribution >= 4 is 0 Å². The van der Waals surface area contributed by atoms with Gasteiger partial charge in [-0.05, 0) is 39.7 Å². The second-order valence-electron chi connectivity index (χ2n) is 7.08. The molecule has 2 nitrogen and oxygen atoms in total. The number of hydrogen-bond acceptors (Lipinski definition) is 2. The number of benzene rings is 1. The van der Waals surface area contributed by atoms with Crippen molar-refractivity contribution in [1.82, 2.24) is 5.32 Å². The summed E-state index contributed by atoms with van der Waals surface area (Å²) in [5.41, 5.74) is 1.64. The molecule has 0 bridgehead atoms. The van der Waals surface area contributed by atoms with Crippen LogP contribution in [0.15, 0.2) is 24.3 Å². The minimum Gasteiger partial charge on any atom is -0.496 e. The van der Waals surface area contributed by atoms with Gasteiger partial charge in [-0.15, -0.1) is 0 Å². The molecule has 0 amide bonds. The van der Waals surface area contributed by atoms with Gasteiger partial charge in [0, 0.05) is 23.1 Å². The van der Waals surface area contributed by atoms with Crippen LogP contribution in [0.2, 0.25) is 0 Å². The summed E-state index contributed by atoms with van der Waals surface area (Å²) in [5, 5.41) is 3.73. The van der Waals surface area contributed by atoms with Crippen LogP contribution in [0.5, 0.6) is 5.75 Å². The molecular formula is C19H33NO. The molecule has 0 aliphatic rings. The van der Waals surface area contributed by atoms with Gasteiger partial charge in [0.05, 0.1) is 7.11 Å². The number of rotatable bonds is 8. The van der Waals surface area contributed by atoms with Gasteiger partial charge in [0.25, 0.3) is 0 Å². The van der Waals surface area contributed by atoms with E-state index < -0.39 is 0 Å². The van der Waals surface area contributed by atoms with E-state index >= 15 is 0 Å². The monoisotopic (exact) mass is 291 g/mol. The molecule has 2 heteroatoms. The van der Waals surface area contributed by atoms with Gasteiger partial charge in [0.1, 0.15) is 5.75 Å². The molecule has 0 aliphatic heterocycles. The molecule has 0 aromatic heterocycles. The van der Waals surface area contributed by atoms with E-state index in [-0.39, 0.29) is 11.0 Å². The van der Waals surface area contributed by atoms with Crippen LogP contribution in [-0.2, 0) is 5.41 Å². The molecule has 1 rings (SSSR count). The van der Waals surface area contributed by atoms with Crippen molar-refractivity contribution in [3.8, 4) is 5.75 Å². The van der Waals surface area contributed by atoms with E-state index in [1.54, 1.807) is 7.11 Å². The summed E-state index contributed by atoms with van der Waals surface area (Å²) in [6, 6.07) is 8.53. The van der Waals surface area contributed by atoms with Crippen LogP contribution in [0.4, 0.5) is 0 Å². The van der Waals surface area contributed by atoms with Crippen LogP contribution < -0.4 is 10.1 Å². The lowest BCUT2D eigenvalue weighted by molar-refractivity contribution is 0.282. The van der Waals surface area contributed by atoms with Crippen molar-refractivity contribution in [2.45, 2.75) is 71.3 Å². The highest BCUT2D eigenvalue weighted by molar-refractivity contribution is 5.40. The van der Waals surface area contributed by atoms with Crippen molar-refractivity contribution in [3.05, 3.63) is 29.8 Å². The van der Waals surface area contributed by atoms with Gasteiger partial charge in [-0.25, -0.2) is 0 Å². The molecule has 0 aliphatic carbocycles. The fraction of sp³-hybridized carbons (Fsp3) is 0.684. The van der Waals surface area contributed by atoms with E-state index in [0.717, 1.165) is 12.3 Å². The predicted molar refractivity (Wildman–Crippen MR) is 92.2 cm³/mol. The molecule has 1 aromatic carbocycles. The SMILES string of the molecule is CCCC(CCC)(CNC(C)(C)C)c1ccccc1OC. The Morgan fingerprint density at radius 3 is 2.05 bits per heavy atom. The number of para-hydroxylation sites is 1. The minimum atomic E-state index is 0.134. The van der Waals surface area contributed by atoms with Crippen molar-refractivity contribution in [1.29, 1.82) is 0 Å². The fourth-order valence-corrected chi connectivity index (χ4v) is 3.14. The first kappa shape index (κ1) is 18.0. The molecule has 120 valence electrons. The van der Waals surface area contributed by atoms with Gasteiger partial charge < -0.3 is 10.1 Å². The Bertz CT molecular complexity index is 414. The van der Waals surface area contributed by atoms with Crippen molar-refractivity contribution in [3.63, 3.8) is 0 Å². The topological polar surface area (TPSA) is 21.3 Å². The van der Waals surface area contributed by atoms with E-state index in [4.69, 9.17) is 4.74 Å². The van der Waals surface area contributed by atoms with E-state index in [1.807, 2.05) is 0 Å². The quantitative estimate of drug-likeness (QED) is 0.734. The predicted octanol–water partition coefficient (Wildman–Crippen LogP) is 4.92. The second kappa shape index (κ2) is 7.84. The summed E-state index contributed by atoms with van der Waals surface area (Å²) < 4.78 is 5.65. The first-order valence-corrected chi connectivity index (χ1v) is 8.27. The zero-order valence-electron chi connectivity index (χ0n) is 14.8. The Labute approximate surface area is 131 Å². The highest BCUT2D eigenvalue weighted by Gasteiger charge is 2.34. The average molecular weight is 291 g/mol. The van der Waals surface area contributed by atoms with E-state index in [9.17, 15) is 0 Å². The lowest BCUT2D eigenvalue weighted by Crippen LogP contribution is -2.46. The van der Waals surface area contributed by atoms with Gasteiger partial charge in [-0.2, -0.15) is 0 Å². The molecule has 0 saturated carbocycles. The molecule has 0 heterocycles. The van der Waals surface area contributed by atoms with Gasteiger partial charge >= 0.3 is 0 Å². The summed E-state index contributed by atoms with van der Waals surface area (Å²) in [4.78, 5) is 0. The van der Waals surface area contributed by atoms with Gasteiger partial charge in [-0.3, -0.25) is 0 Å². The number of methoxy groups -OCH3 is 1. The molecule has 0 saturated heterocycles. The summed E-state index contributed by atoms with van der Waals surface area (Å²) in [6.07, 6.45) is 4.74. The van der Waals surface area contributed by atoms with Crippen molar-refractivity contribution < 1.29 is 4.74 Å².